The third kappa shape index (κ3) is 3.68. The number of ether oxygens (including phenoxy) is 2. The van der Waals surface area contributed by atoms with Crippen molar-refractivity contribution >= 4 is 28.3 Å². The van der Waals surface area contributed by atoms with Gasteiger partial charge in [0.1, 0.15) is 0 Å². The van der Waals surface area contributed by atoms with Gasteiger partial charge >= 0.3 is 5.97 Å². The van der Waals surface area contributed by atoms with E-state index in [0.717, 1.165) is 34.4 Å². The summed E-state index contributed by atoms with van der Waals surface area (Å²) < 4.78 is 10.3. The van der Waals surface area contributed by atoms with Gasteiger partial charge in [-0.1, -0.05) is 12.1 Å². The van der Waals surface area contributed by atoms with Crippen LogP contribution in [0.4, 0.5) is 5.13 Å². The molecule has 7 nitrogen and oxygen atoms in total. The molecule has 142 valence electrons. The molecule has 1 amide bonds. The number of esters is 1. The van der Waals surface area contributed by atoms with Gasteiger partial charge in [0.2, 0.25) is 5.91 Å². The van der Waals surface area contributed by atoms with E-state index in [-0.39, 0.29) is 17.8 Å². The minimum absolute atomic E-state index is 0.0124. The molecule has 1 aromatic heterocycles. The van der Waals surface area contributed by atoms with E-state index in [1.54, 1.807) is 17.4 Å². The number of nitrogens with one attached hydrogen (secondary N) is 1. The highest BCUT2D eigenvalue weighted by Gasteiger charge is 2.29. The van der Waals surface area contributed by atoms with Crippen LogP contribution in [0, 0.1) is 0 Å². The Bertz CT molecular complexity index is 860. The molecule has 3 heterocycles. The highest BCUT2D eigenvalue weighted by atomic mass is 32.1. The van der Waals surface area contributed by atoms with Gasteiger partial charge < -0.3 is 19.7 Å². The van der Waals surface area contributed by atoms with Crippen LogP contribution in [0.15, 0.2) is 24.3 Å². The van der Waals surface area contributed by atoms with Crippen molar-refractivity contribution in [3.8, 4) is 0 Å². The van der Waals surface area contributed by atoms with E-state index in [9.17, 15) is 9.59 Å². The standard InChI is InChI=1S/C19H21N3O4S/c1-25-18(24)13-4-2-3-12(9-13)14-10-16(23)20-11-15-17(14)27-19(21-15)22-5-7-26-8-6-22/h2-4,9,14H,5-8,10-11H2,1H3,(H,20,23). The number of anilines is 1. The van der Waals surface area contributed by atoms with Crippen LogP contribution < -0.4 is 10.2 Å². The Morgan fingerprint density at radius 2 is 2.19 bits per heavy atom. The predicted molar refractivity (Wildman–Crippen MR) is 101 cm³/mol. The monoisotopic (exact) mass is 387 g/mol. The normalized spacial score (nSPS) is 19.8. The second-order valence-electron chi connectivity index (χ2n) is 6.56. The van der Waals surface area contributed by atoms with E-state index in [0.29, 0.717) is 31.7 Å². The first-order chi connectivity index (χ1) is 13.2. The molecular formula is C19H21N3O4S. The molecule has 1 atom stereocenters. The van der Waals surface area contributed by atoms with Crippen molar-refractivity contribution in [2.45, 2.75) is 18.9 Å². The second kappa shape index (κ2) is 7.66. The van der Waals surface area contributed by atoms with Crippen molar-refractivity contribution in [2.75, 3.05) is 38.3 Å². The third-order valence-electron chi connectivity index (χ3n) is 4.87. The van der Waals surface area contributed by atoms with Crippen molar-refractivity contribution in [1.82, 2.24) is 10.3 Å². The molecule has 27 heavy (non-hydrogen) atoms. The van der Waals surface area contributed by atoms with Crippen LogP contribution in [0.2, 0.25) is 0 Å². The van der Waals surface area contributed by atoms with Crippen LogP contribution in [0.25, 0.3) is 0 Å². The summed E-state index contributed by atoms with van der Waals surface area (Å²) in [4.78, 5) is 32.3. The average Bonchev–Trinajstić information content (AvgIpc) is 3.08. The van der Waals surface area contributed by atoms with Crippen LogP contribution in [0.1, 0.15) is 38.8 Å². The number of hydrogen-bond acceptors (Lipinski definition) is 7. The first kappa shape index (κ1) is 17.9. The summed E-state index contributed by atoms with van der Waals surface area (Å²) in [7, 11) is 1.37. The van der Waals surface area contributed by atoms with Crippen molar-refractivity contribution in [3.05, 3.63) is 46.0 Å². The lowest BCUT2D eigenvalue weighted by Crippen LogP contribution is -2.36. The number of thiazole rings is 1. The van der Waals surface area contributed by atoms with E-state index < -0.39 is 0 Å². The minimum atomic E-state index is -0.381. The number of rotatable bonds is 3. The Kier molecular flexibility index (Phi) is 5.09. The molecule has 0 aliphatic carbocycles. The topological polar surface area (TPSA) is 80.8 Å². The number of morpholine rings is 1. The first-order valence-corrected chi connectivity index (χ1v) is 9.74. The van der Waals surface area contributed by atoms with Gasteiger partial charge in [0, 0.05) is 30.3 Å². The van der Waals surface area contributed by atoms with Crippen molar-refractivity contribution in [3.63, 3.8) is 0 Å². The van der Waals surface area contributed by atoms with Gasteiger partial charge in [-0.15, -0.1) is 11.3 Å². The number of carbonyl (C=O) groups is 2. The highest BCUT2D eigenvalue weighted by molar-refractivity contribution is 7.15. The van der Waals surface area contributed by atoms with Gasteiger partial charge in [-0.2, -0.15) is 0 Å². The molecule has 8 heteroatoms. The molecule has 2 aliphatic heterocycles. The Morgan fingerprint density at radius 3 is 2.96 bits per heavy atom. The zero-order chi connectivity index (χ0) is 18.8. The summed E-state index contributed by atoms with van der Waals surface area (Å²) in [6.45, 7) is 3.47. The Labute approximate surface area is 161 Å². The van der Waals surface area contributed by atoms with Gasteiger partial charge in [-0.25, -0.2) is 9.78 Å². The maximum absolute atomic E-state index is 12.2. The summed E-state index contributed by atoms with van der Waals surface area (Å²) >= 11 is 1.63. The molecule has 2 aliphatic rings. The maximum Gasteiger partial charge on any atom is 0.337 e. The number of hydrogen-bond donors (Lipinski definition) is 1. The summed E-state index contributed by atoms with van der Waals surface area (Å²) in [5.41, 5.74) is 2.31. The van der Waals surface area contributed by atoms with Crippen LogP contribution >= 0.6 is 11.3 Å². The SMILES string of the molecule is COC(=O)c1cccc(C2CC(=O)NCc3nc(N4CCOCC4)sc32)c1. The van der Waals surface area contributed by atoms with E-state index >= 15 is 0 Å². The van der Waals surface area contributed by atoms with Crippen LogP contribution in [0.3, 0.4) is 0 Å². The molecule has 2 aromatic rings. The van der Waals surface area contributed by atoms with Crippen LogP contribution in [-0.4, -0.2) is 50.3 Å². The highest BCUT2D eigenvalue weighted by Crippen LogP contribution is 2.39. The zero-order valence-corrected chi connectivity index (χ0v) is 15.9. The van der Waals surface area contributed by atoms with E-state index in [2.05, 4.69) is 10.2 Å². The lowest BCUT2D eigenvalue weighted by molar-refractivity contribution is -0.121. The molecule has 0 spiro atoms. The molecule has 1 saturated heterocycles. The molecule has 1 aromatic carbocycles. The fraction of sp³-hybridized carbons (Fsp3) is 0.421. The number of carbonyl (C=O) groups excluding carboxylic acids is 2. The van der Waals surface area contributed by atoms with Gasteiger partial charge in [-0.05, 0) is 17.7 Å². The number of benzene rings is 1. The van der Waals surface area contributed by atoms with Crippen molar-refractivity contribution in [1.29, 1.82) is 0 Å². The van der Waals surface area contributed by atoms with E-state index in [4.69, 9.17) is 14.5 Å². The quantitative estimate of drug-likeness (QED) is 0.811. The summed E-state index contributed by atoms with van der Waals surface area (Å²) in [5.74, 6) is -0.519. The summed E-state index contributed by atoms with van der Waals surface area (Å²) in [6.07, 6.45) is 0.336. The lowest BCUT2D eigenvalue weighted by Gasteiger charge is -2.26. The predicted octanol–water partition coefficient (Wildman–Crippen LogP) is 1.92. The minimum Gasteiger partial charge on any atom is -0.465 e. The van der Waals surface area contributed by atoms with E-state index in [1.165, 1.54) is 7.11 Å². The average molecular weight is 387 g/mol. The molecule has 4 rings (SSSR count). The van der Waals surface area contributed by atoms with Crippen LogP contribution in [0.5, 0.6) is 0 Å². The van der Waals surface area contributed by atoms with Gasteiger partial charge in [0.15, 0.2) is 5.13 Å². The fourth-order valence-corrected chi connectivity index (χ4v) is 4.70. The van der Waals surface area contributed by atoms with Crippen molar-refractivity contribution < 1.29 is 19.1 Å². The molecule has 0 radical (unpaired) electrons. The second-order valence-corrected chi connectivity index (χ2v) is 7.57. The molecule has 1 fully saturated rings. The summed E-state index contributed by atoms with van der Waals surface area (Å²) in [5, 5.41) is 3.90. The number of nitrogens with zero attached hydrogens (tertiary/aromatic N) is 2. The molecule has 0 saturated carbocycles. The fourth-order valence-electron chi connectivity index (χ4n) is 3.44. The third-order valence-corrected chi connectivity index (χ3v) is 6.14. The molecular weight excluding hydrogens is 366 g/mol. The largest absolute Gasteiger partial charge is 0.465 e. The number of fused-ring (bicyclic) bond motifs is 1. The zero-order valence-electron chi connectivity index (χ0n) is 15.1. The Hall–Kier alpha value is -2.45. The smallest absolute Gasteiger partial charge is 0.337 e. The van der Waals surface area contributed by atoms with Gasteiger partial charge in [-0.3, -0.25) is 4.79 Å². The van der Waals surface area contributed by atoms with E-state index in [1.807, 2.05) is 18.2 Å². The molecule has 0 bridgehead atoms. The number of amides is 1. The maximum atomic E-state index is 12.2. The molecule has 1 unspecified atom stereocenters. The summed E-state index contributed by atoms with van der Waals surface area (Å²) in [6, 6.07) is 7.31. The lowest BCUT2D eigenvalue weighted by atomic mass is 9.92. The van der Waals surface area contributed by atoms with Crippen molar-refractivity contribution in [2.24, 2.45) is 0 Å². The van der Waals surface area contributed by atoms with Gasteiger partial charge in [0.05, 0.1) is 38.1 Å². The number of methoxy groups -OCH3 is 1. The van der Waals surface area contributed by atoms with Gasteiger partial charge in [0.25, 0.3) is 0 Å². The number of aromatic nitrogens is 1. The van der Waals surface area contributed by atoms with Crippen LogP contribution in [-0.2, 0) is 20.8 Å². The Balaban J connectivity index is 1.71. The first-order valence-electron chi connectivity index (χ1n) is 8.93. The Morgan fingerprint density at radius 1 is 1.37 bits per heavy atom. The molecule has 1 N–H and O–H groups in total.